The maximum Gasteiger partial charge on any atom is 0.175 e. The van der Waals surface area contributed by atoms with Gasteiger partial charge in [0.05, 0.1) is 0 Å². The van der Waals surface area contributed by atoms with Crippen LogP contribution in [0.5, 0.6) is 0 Å². The molecule has 0 bridgehead atoms. The van der Waals surface area contributed by atoms with Crippen LogP contribution in [0.25, 0.3) is 0 Å². The highest BCUT2D eigenvalue weighted by atomic mass is 32.1. The van der Waals surface area contributed by atoms with Gasteiger partial charge in [-0.1, -0.05) is 6.07 Å². The van der Waals surface area contributed by atoms with Crippen LogP contribution in [-0.2, 0) is 0 Å². The summed E-state index contributed by atoms with van der Waals surface area (Å²) in [6.07, 6.45) is 3.86. The van der Waals surface area contributed by atoms with Crippen molar-refractivity contribution < 1.29 is 4.39 Å². The van der Waals surface area contributed by atoms with Crippen molar-refractivity contribution in [2.75, 3.05) is 28.6 Å². The molecule has 2 aromatic carbocycles. The first kappa shape index (κ1) is 16.7. The van der Waals surface area contributed by atoms with Crippen molar-refractivity contribution in [3.8, 4) is 0 Å². The Balaban J connectivity index is 1.58. The number of hydrogen-bond acceptors (Lipinski definition) is 2. The van der Waals surface area contributed by atoms with E-state index in [0.717, 1.165) is 18.8 Å². The van der Waals surface area contributed by atoms with Crippen molar-refractivity contribution in [1.82, 2.24) is 0 Å². The number of piperidine rings is 1. The van der Waals surface area contributed by atoms with E-state index in [4.69, 9.17) is 12.2 Å². The molecule has 126 valence electrons. The van der Waals surface area contributed by atoms with Gasteiger partial charge >= 0.3 is 0 Å². The van der Waals surface area contributed by atoms with E-state index in [1.54, 1.807) is 13.0 Å². The zero-order chi connectivity index (χ0) is 16.9. The van der Waals surface area contributed by atoms with Gasteiger partial charge in [-0.3, -0.25) is 0 Å². The fourth-order valence-electron chi connectivity index (χ4n) is 2.87. The first-order valence-electron chi connectivity index (χ1n) is 8.31. The molecule has 3 nitrogen and oxygen atoms in total. The van der Waals surface area contributed by atoms with Crippen molar-refractivity contribution >= 4 is 34.4 Å². The Bertz CT molecular complexity index is 709. The van der Waals surface area contributed by atoms with Gasteiger partial charge in [0.2, 0.25) is 0 Å². The Morgan fingerprint density at radius 1 is 0.958 bits per heavy atom. The standard InChI is InChI=1S/C19H22FN3S/c1-14-5-6-16(13-18(14)20)22-19(24)21-15-7-9-17(10-8-15)23-11-3-2-4-12-23/h5-10,13H,2-4,11-12H2,1H3,(H2,21,22,24). The van der Waals surface area contributed by atoms with E-state index in [2.05, 4.69) is 27.7 Å². The van der Waals surface area contributed by atoms with Gasteiger partial charge < -0.3 is 15.5 Å². The average molecular weight is 343 g/mol. The number of nitrogens with zero attached hydrogens (tertiary/aromatic N) is 1. The van der Waals surface area contributed by atoms with Gasteiger partial charge in [0.1, 0.15) is 5.82 Å². The van der Waals surface area contributed by atoms with Crippen LogP contribution in [-0.4, -0.2) is 18.2 Å². The molecule has 5 heteroatoms. The number of benzene rings is 2. The van der Waals surface area contributed by atoms with E-state index in [-0.39, 0.29) is 5.82 Å². The second-order valence-corrected chi connectivity index (χ2v) is 6.55. The fraction of sp³-hybridized carbons (Fsp3) is 0.316. The fourth-order valence-corrected chi connectivity index (χ4v) is 3.11. The Labute approximate surface area is 147 Å². The third kappa shape index (κ3) is 4.23. The van der Waals surface area contributed by atoms with E-state index >= 15 is 0 Å². The van der Waals surface area contributed by atoms with Gasteiger partial charge in [-0.05, 0) is 80.4 Å². The number of anilines is 3. The summed E-state index contributed by atoms with van der Waals surface area (Å²) >= 11 is 5.30. The maximum absolute atomic E-state index is 13.6. The molecule has 1 fully saturated rings. The third-order valence-corrected chi connectivity index (χ3v) is 4.48. The van der Waals surface area contributed by atoms with Gasteiger partial charge in [0.15, 0.2) is 5.11 Å². The summed E-state index contributed by atoms with van der Waals surface area (Å²) in [5.41, 5.74) is 3.42. The summed E-state index contributed by atoms with van der Waals surface area (Å²) in [5.74, 6) is -0.242. The zero-order valence-corrected chi connectivity index (χ0v) is 14.6. The highest BCUT2D eigenvalue weighted by molar-refractivity contribution is 7.80. The minimum atomic E-state index is -0.242. The Kier molecular flexibility index (Phi) is 5.30. The van der Waals surface area contributed by atoms with Gasteiger partial charge in [0, 0.05) is 30.2 Å². The minimum absolute atomic E-state index is 0.242. The smallest absolute Gasteiger partial charge is 0.175 e. The molecule has 1 heterocycles. The molecular formula is C19H22FN3S. The topological polar surface area (TPSA) is 27.3 Å². The quantitative estimate of drug-likeness (QED) is 0.773. The molecule has 1 aliphatic heterocycles. The molecule has 0 amide bonds. The molecule has 24 heavy (non-hydrogen) atoms. The molecule has 0 atom stereocenters. The molecule has 2 aromatic rings. The highest BCUT2D eigenvalue weighted by Crippen LogP contribution is 2.22. The number of thiocarbonyl (C=S) groups is 1. The molecule has 0 unspecified atom stereocenters. The normalized spacial score (nSPS) is 14.3. The molecule has 0 aromatic heterocycles. The molecule has 3 rings (SSSR count). The van der Waals surface area contributed by atoms with Crippen LogP contribution in [0.4, 0.5) is 21.5 Å². The lowest BCUT2D eigenvalue weighted by Crippen LogP contribution is -2.29. The molecule has 0 spiro atoms. The Hall–Kier alpha value is -2.14. The van der Waals surface area contributed by atoms with E-state index < -0.39 is 0 Å². The first-order chi connectivity index (χ1) is 11.6. The summed E-state index contributed by atoms with van der Waals surface area (Å²) in [5, 5.41) is 6.59. The lowest BCUT2D eigenvalue weighted by Gasteiger charge is -2.28. The van der Waals surface area contributed by atoms with Crippen LogP contribution in [0.3, 0.4) is 0 Å². The summed E-state index contributed by atoms with van der Waals surface area (Å²) in [7, 11) is 0. The Morgan fingerprint density at radius 2 is 1.58 bits per heavy atom. The van der Waals surface area contributed by atoms with E-state index in [1.807, 2.05) is 18.2 Å². The number of rotatable bonds is 3. The first-order valence-corrected chi connectivity index (χ1v) is 8.72. The predicted octanol–water partition coefficient (Wildman–Crippen LogP) is 4.93. The van der Waals surface area contributed by atoms with Crippen molar-refractivity contribution in [3.63, 3.8) is 0 Å². The summed E-state index contributed by atoms with van der Waals surface area (Å²) in [6, 6.07) is 13.3. The van der Waals surface area contributed by atoms with Crippen LogP contribution in [0.1, 0.15) is 24.8 Å². The van der Waals surface area contributed by atoms with Gasteiger partial charge in [-0.15, -0.1) is 0 Å². The van der Waals surface area contributed by atoms with Crippen LogP contribution in [0.2, 0.25) is 0 Å². The monoisotopic (exact) mass is 343 g/mol. The number of hydrogen-bond donors (Lipinski definition) is 2. The van der Waals surface area contributed by atoms with Crippen LogP contribution in [0, 0.1) is 12.7 Å². The number of halogens is 1. The van der Waals surface area contributed by atoms with E-state index in [0.29, 0.717) is 16.4 Å². The second kappa shape index (κ2) is 7.62. The number of aryl methyl sites for hydroxylation is 1. The number of nitrogens with one attached hydrogen (secondary N) is 2. The van der Waals surface area contributed by atoms with E-state index in [1.165, 1.54) is 31.0 Å². The van der Waals surface area contributed by atoms with Crippen LogP contribution >= 0.6 is 12.2 Å². The van der Waals surface area contributed by atoms with E-state index in [9.17, 15) is 4.39 Å². The average Bonchev–Trinajstić information content (AvgIpc) is 2.59. The van der Waals surface area contributed by atoms with Crippen LogP contribution < -0.4 is 15.5 Å². The molecular weight excluding hydrogens is 321 g/mol. The summed E-state index contributed by atoms with van der Waals surface area (Å²) in [6.45, 7) is 4.00. The zero-order valence-electron chi connectivity index (χ0n) is 13.8. The molecule has 0 aliphatic carbocycles. The lowest BCUT2D eigenvalue weighted by atomic mass is 10.1. The third-order valence-electron chi connectivity index (χ3n) is 4.28. The second-order valence-electron chi connectivity index (χ2n) is 6.14. The van der Waals surface area contributed by atoms with Crippen LogP contribution in [0.15, 0.2) is 42.5 Å². The Morgan fingerprint density at radius 3 is 2.25 bits per heavy atom. The van der Waals surface area contributed by atoms with Crippen molar-refractivity contribution in [2.24, 2.45) is 0 Å². The van der Waals surface area contributed by atoms with Crippen molar-refractivity contribution in [2.45, 2.75) is 26.2 Å². The summed E-state index contributed by atoms with van der Waals surface area (Å²) in [4.78, 5) is 2.42. The lowest BCUT2D eigenvalue weighted by molar-refractivity contribution is 0.578. The van der Waals surface area contributed by atoms with Gasteiger partial charge in [0.25, 0.3) is 0 Å². The van der Waals surface area contributed by atoms with Crippen molar-refractivity contribution in [3.05, 3.63) is 53.8 Å². The molecule has 1 aliphatic rings. The van der Waals surface area contributed by atoms with Crippen molar-refractivity contribution in [1.29, 1.82) is 0 Å². The molecule has 1 saturated heterocycles. The predicted molar refractivity (Wildman–Crippen MR) is 103 cm³/mol. The summed E-state index contributed by atoms with van der Waals surface area (Å²) < 4.78 is 13.6. The molecule has 0 radical (unpaired) electrons. The largest absolute Gasteiger partial charge is 0.372 e. The highest BCUT2D eigenvalue weighted by Gasteiger charge is 2.10. The molecule has 0 saturated carbocycles. The molecule has 2 N–H and O–H groups in total. The SMILES string of the molecule is Cc1ccc(NC(=S)Nc2ccc(N3CCCCC3)cc2)cc1F. The van der Waals surface area contributed by atoms with Gasteiger partial charge in [-0.2, -0.15) is 0 Å². The van der Waals surface area contributed by atoms with Gasteiger partial charge in [-0.25, -0.2) is 4.39 Å². The minimum Gasteiger partial charge on any atom is -0.372 e. The maximum atomic E-state index is 13.6.